The van der Waals surface area contributed by atoms with Crippen molar-refractivity contribution in [2.75, 3.05) is 13.3 Å². The van der Waals surface area contributed by atoms with E-state index in [2.05, 4.69) is 20.5 Å². The van der Waals surface area contributed by atoms with Gasteiger partial charge in [0, 0.05) is 42.5 Å². The van der Waals surface area contributed by atoms with Crippen molar-refractivity contribution < 1.29 is 9.47 Å². The van der Waals surface area contributed by atoms with Crippen molar-refractivity contribution in [2.45, 2.75) is 13.0 Å². The molecule has 1 aliphatic heterocycles. The van der Waals surface area contributed by atoms with Crippen LogP contribution in [0.2, 0.25) is 0 Å². The average Bonchev–Trinajstić information content (AvgIpc) is 3.28. The van der Waals surface area contributed by atoms with Gasteiger partial charge < -0.3 is 14.8 Å². The minimum absolute atomic E-state index is 0.281. The van der Waals surface area contributed by atoms with E-state index in [1.54, 1.807) is 0 Å². The molecule has 0 unspecified atom stereocenters. The molecule has 0 bridgehead atoms. The van der Waals surface area contributed by atoms with Gasteiger partial charge in [-0.3, -0.25) is 10.1 Å². The lowest BCUT2D eigenvalue weighted by Crippen LogP contribution is -2.17. The molecule has 0 fully saturated rings. The molecule has 6 nitrogen and oxygen atoms in total. The summed E-state index contributed by atoms with van der Waals surface area (Å²) in [5, 5.41) is 10.7. The van der Waals surface area contributed by atoms with Crippen LogP contribution in [0.5, 0.6) is 11.5 Å². The molecule has 1 aliphatic rings. The summed E-state index contributed by atoms with van der Waals surface area (Å²) in [6, 6.07) is 11.9. The van der Waals surface area contributed by atoms with Crippen molar-refractivity contribution in [1.29, 1.82) is 0 Å². The van der Waals surface area contributed by atoms with Crippen LogP contribution in [0.15, 0.2) is 48.8 Å². The summed E-state index contributed by atoms with van der Waals surface area (Å²) in [5.74, 6) is 1.56. The zero-order valence-corrected chi connectivity index (χ0v) is 13.2. The fraction of sp³-hybridized carbons (Fsp3) is 0.222. The standard InChI is InChI=1S/C18H18N4O2/c1-2-7-20-15(3-1)6-8-19-10-14-11-21-22-18(14)13-4-5-16-17(9-13)24-12-23-16/h1-5,7,9,11,19H,6,8,10,12H2,(H,21,22). The number of H-pyrrole nitrogens is 1. The summed E-state index contributed by atoms with van der Waals surface area (Å²) >= 11 is 0. The maximum Gasteiger partial charge on any atom is 0.231 e. The normalized spacial score (nSPS) is 12.5. The van der Waals surface area contributed by atoms with Gasteiger partial charge in [-0.25, -0.2) is 0 Å². The zero-order valence-electron chi connectivity index (χ0n) is 13.2. The monoisotopic (exact) mass is 322 g/mol. The number of rotatable bonds is 6. The van der Waals surface area contributed by atoms with Crippen LogP contribution in [0.3, 0.4) is 0 Å². The first-order valence-electron chi connectivity index (χ1n) is 7.93. The Bertz CT molecular complexity index is 817. The average molecular weight is 322 g/mol. The maximum absolute atomic E-state index is 5.45. The maximum atomic E-state index is 5.45. The molecule has 0 radical (unpaired) electrons. The molecule has 0 amide bonds. The van der Waals surface area contributed by atoms with Gasteiger partial charge in [-0.05, 0) is 30.3 Å². The van der Waals surface area contributed by atoms with Gasteiger partial charge in [-0.15, -0.1) is 0 Å². The number of nitrogens with zero attached hydrogens (tertiary/aromatic N) is 2. The lowest BCUT2D eigenvalue weighted by atomic mass is 10.1. The second-order valence-corrected chi connectivity index (χ2v) is 5.59. The molecule has 4 rings (SSSR count). The summed E-state index contributed by atoms with van der Waals surface area (Å²) in [5.41, 5.74) is 4.25. The fourth-order valence-corrected chi connectivity index (χ4v) is 2.73. The highest BCUT2D eigenvalue weighted by molar-refractivity contribution is 5.66. The largest absolute Gasteiger partial charge is 0.454 e. The number of hydrogen-bond acceptors (Lipinski definition) is 5. The Morgan fingerprint density at radius 3 is 3.00 bits per heavy atom. The minimum Gasteiger partial charge on any atom is -0.454 e. The molecule has 0 atom stereocenters. The number of ether oxygens (including phenoxy) is 2. The van der Waals surface area contributed by atoms with E-state index in [-0.39, 0.29) is 6.79 Å². The topological polar surface area (TPSA) is 72.1 Å². The van der Waals surface area contributed by atoms with Gasteiger partial charge in [-0.2, -0.15) is 5.10 Å². The van der Waals surface area contributed by atoms with Crippen molar-refractivity contribution in [1.82, 2.24) is 20.5 Å². The Morgan fingerprint density at radius 2 is 2.08 bits per heavy atom. The molecule has 3 heterocycles. The first-order chi connectivity index (χ1) is 11.9. The number of aromatic amines is 1. The van der Waals surface area contributed by atoms with Crippen LogP contribution in [0, 0.1) is 0 Å². The lowest BCUT2D eigenvalue weighted by molar-refractivity contribution is 0.174. The first-order valence-corrected chi connectivity index (χ1v) is 7.93. The van der Waals surface area contributed by atoms with E-state index in [0.29, 0.717) is 0 Å². The van der Waals surface area contributed by atoms with E-state index < -0.39 is 0 Å². The van der Waals surface area contributed by atoms with Crippen molar-refractivity contribution in [3.05, 3.63) is 60.0 Å². The van der Waals surface area contributed by atoms with Crippen LogP contribution in [-0.4, -0.2) is 28.5 Å². The fourth-order valence-electron chi connectivity index (χ4n) is 2.73. The zero-order chi connectivity index (χ0) is 16.2. The molecule has 1 aromatic carbocycles. The van der Waals surface area contributed by atoms with Crippen molar-refractivity contribution in [3.63, 3.8) is 0 Å². The molecular formula is C18H18N4O2. The number of fused-ring (bicyclic) bond motifs is 1. The summed E-state index contributed by atoms with van der Waals surface area (Å²) in [4.78, 5) is 4.33. The molecule has 0 saturated heterocycles. The van der Waals surface area contributed by atoms with E-state index in [1.807, 2.05) is 48.8 Å². The number of pyridine rings is 1. The van der Waals surface area contributed by atoms with Crippen LogP contribution >= 0.6 is 0 Å². The van der Waals surface area contributed by atoms with Crippen LogP contribution in [0.1, 0.15) is 11.3 Å². The van der Waals surface area contributed by atoms with Gasteiger partial charge in [0.1, 0.15) is 0 Å². The number of benzene rings is 1. The third-order valence-corrected chi connectivity index (χ3v) is 3.98. The molecule has 0 aliphatic carbocycles. The van der Waals surface area contributed by atoms with Gasteiger partial charge in [0.15, 0.2) is 11.5 Å². The Morgan fingerprint density at radius 1 is 1.12 bits per heavy atom. The molecule has 2 N–H and O–H groups in total. The number of hydrogen-bond donors (Lipinski definition) is 2. The van der Waals surface area contributed by atoms with Crippen LogP contribution in [0.25, 0.3) is 11.3 Å². The molecular weight excluding hydrogens is 304 g/mol. The van der Waals surface area contributed by atoms with E-state index in [9.17, 15) is 0 Å². The van der Waals surface area contributed by atoms with Crippen LogP contribution in [-0.2, 0) is 13.0 Å². The Kier molecular flexibility index (Phi) is 4.12. The second kappa shape index (κ2) is 6.72. The highest BCUT2D eigenvalue weighted by atomic mass is 16.7. The predicted octanol–water partition coefficient (Wildman–Crippen LogP) is 2.53. The summed E-state index contributed by atoms with van der Waals surface area (Å²) in [6.45, 7) is 1.89. The first kappa shape index (κ1) is 14.7. The van der Waals surface area contributed by atoms with Gasteiger partial charge in [0.2, 0.25) is 6.79 Å². The van der Waals surface area contributed by atoms with E-state index in [4.69, 9.17) is 9.47 Å². The molecule has 3 aromatic rings. The quantitative estimate of drug-likeness (QED) is 0.682. The Balaban J connectivity index is 1.40. The number of aromatic nitrogens is 3. The smallest absolute Gasteiger partial charge is 0.231 e. The third-order valence-electron chi connectivity index (χ3n) is 3.98. The molecule has 6 heteroatoms. The molecule has 0 saturated carbocycles. The molecule has 122 valence electrons. The number of nitrogens with one attached hydrogen (secondary N) is 2. The highest BCUT2D eigenvalue weighted by Crippen LogP contribution is 2.36. The Hall–Kier alpha value is -2.86. The van der Waals surface area contributed by atoms with Crippen LogP contribution < -0.4 is 14.8 Å². The van der Waals surface area contributed by atoms with E-state index in [0.717, 1.165) is 53.5 Å². The summed E-state index contributed by atoms with van der Waals surface area (Å²) in [7, 11) is 0. The van der Waals surface area contributed by atoms with E-state index >= 15 is 0 Å². The third kappa shape index (κ3) is 3.09. The van der Waals surface area contributed by atoms with Gasteiger partial charge in [0.25, 0.3) is 0 Å². The van der Waals surface area contributed by atoms with E-state index in [1.165, 1.54) is 0 Å². The Labute approximate surface area is 139 Å². The van der Waals surface area contributed by atoms with Gasteiger partial charge >= 0.3 is 0 Å². The van der Waals surface area contributed by atoms with Gasteiger partial charge in [0.05, 0.1) is 11.9 Å². The van der Waals surface area contributed by atoms with Crippen molar-refractivity contribution >= 4 is 0 Å². The highest BCUT2D eigenvalue weighted by Gasteiger charge is 2.16. The SMILES string of the molecule is c1ccc(CCNCc2cn[nH]c2-c2ccc3c(c2)OCO3)nc1. The van der Waals surface area contributed by atoms with Crippen LogP contribution in [0.4, 0.5) is 0 Å². The minimum atomic E-state index is 0.281. The van der Waals surface area contributed by atoms with Crippen molar-refractivity contribution in [3.8, 4) is 22.8 Å². The molecule has 0 spiro atoms. The second-order valence-electron chi connectivity index (χ2n) is 5.59. The van der Waals surface area contributed by atoms with Crippen molar-refractivity contribution in [2.24, 2.45) is 0 Å². The summed E-state index contributed by atoms with van der Waals surface area (Å²) in [6.07, 6.45) is 4.58. The van der Waals surface area contributed by atoms with Gasteiger partial charge in [-0.1, -0.05) is 6.07 Å². The molecule has 2 aromatic heterocycles. The predicted molar refractivity (Wildman–Crippen MR) is 89.8 cm³/mol. The lowest BCUT2D eigenvalue weighted by Gasteiger charge is -2.06. The molecule has 24 heavy (non-hydrogen) atoms. The summed E-state index contributed by atoms with van der Waals surface area (Å²) < 4.78 is 10.8.